The first-order valence-electron chi connectivity index (χ1n) is 6.10. The lowest BCUT2D eigenvalue weighted by Crippen LogP contribution is -2.39. The number of rotatable bonds is 5. The number of anilines is 1. The lowest BCUT2D eigenvalue weighted by atomic mass is 10.3. The van der Waals surface area contributed by atoms with E-state index in [0.29, 0.717) is 6.54 Å². The molecule has 0 N–H and O–H groups in total. The number of aromatic nitrogens is 1. The van der Waals surface area contributed by atoms with Gasteiger partial charge in [-0.05, 0) is 48.3 Å². The van der Waals surface area contributed by atoms with Crippen LogP contribution in [0, 0.1) is 6.92 Å². The van der Waals surface area contributed by atoms with Gasteiger partial charge >= 0.3 is 0 Å². The Morgan fingerprint density at radius 1 is 1.39 bits per heavy atom. The fourth-order valence-electron chi connectivity index (χ4n) is 1.76. The fourth-order valence-corrected chi connectivity index (χ4v) is 2.53. The van der Waals surface area contributed by atoms with Crippen molar-refractivity contribution in [1.29, 1.82) is 0 Å². The van der Waals surface area contributed by atoms with Crippen LogP contribution in [0.15, 0.2) is 16.7 Å². The molecule has 5 heteroatoms. The summed E-state index contributed by atoms with van der Waals surface area (Å²) in [5.74, 6) is 0.915. The number of carbonyl (C=O) groups excluding carboxylic acids is 1. The van der Waals surface area contributed by atoms with E-state index in [1.165, 1.54) is 0 Å². The summed E-state index contributed by atoms with van der Waals surface area (Å²) in [6.45, 7) is 7.79. The molecule has 0 unspecified atom stereocenters. The van der Waals surface area contributed by atoms with Crippen molar-refractivity contribution in [2.75, 3.05) is 31.6 Å². The molecule has 0 aromatic carbocycles. The number of amides is 1. The van der Waals surface area contributed by atoms with E-state index in [1.54, 1.807) is 6.20 Å². The molecule has 0 bridgehead atoms. The fraction of sp³-hybridized carbons (Fsp3) is 0.538. The first kappa shape index (κ1) is 15.0. The smallest absolute Gasteiger partial charge is 0.242 e. The van der Waals surface area contributed by atoms with Crippen LogP contribution in [0.1, 0.15) is 19.4 Å². The molecule has 0 atom stereocenters. The second-order valence-electron chi connectivity index (χ2n) is 4.24. The number of nitrogens with zero attached hydrogens (tertiary/aromatic N) is 3. The highest BCUT2D eigenvalue weighted by molar-refractivity contribution is 9.10. The van der Waals surface area contributed by atoms with Gasteiger partial charge in [0.25, 0.3) is 0 Å². The van der Waals surface area contributed by atoms with Gasteiger partial charge in [0.1, 0.15) is 5.82 Å². The molecular formula is C13H20BrN3O. The van der Waals surface area contributed by atoms with Gasteiger partial charge in [0.15, 0.2) is 0 Å². The second-order valence-corrected chi connectivity index (χ2v) is 5.09. The average Bonchev–Trinajstić information content (AvgIpc) is 2.30. The summed E-state index contributed by atoms with van der Waals surface area (Å²) in [5, 5.41) is 0. The molecule has 0 spiro atoms. The normalized spacial score (nSPS) is 10.3. The topological polar surface area (TPSA) is 36.4 Å². The standard InChI is InChI=1S/C13H20BrN3O/c1-5-17(6-2)12(18)9-16(4)13-11(14)7-10(3)8-15-13/h7-8H,5-6,9H2,1-4H3. The van der Waals surface area contributed by atoms with E-state index in [-0.39, 0.29) is 5.91 Å². The van der Waals surface area contributed by atoms with Crippen LogP contribution < -0.4 is 4.90 Å². The number of carbonyl (C=O) groups is 1. The van der Waals surface area contributed by atoms with Gasteiger partial charge in [-0.3, -0.25) is 4.79 Å². The number of hydrogen-bond donors (Lipinski definition) is 0. The molecule has 1 aromatic heterocycles. The SMILES string of the molecule is CCN(CC)C(=O)CN(C)c1ncc(C)cc1Br. The van der Waals surface area contributed by atoms with E-state index in [9.17, 15) is 4.79 Å². The molecule has 18 heavy (non-hydrogen) atoms. The monoisotopic (exact) mass is 313 g/mol. The molecule has 1 rings (SSSR count). The van der Waals surface area contributed by atoms with Crippen LogP contribution in [0.3, 0.4) is 0 Å². The van der Waals surface area contributed by atoms with Crippen molar-refractivity contribution in [3.63, 3.8) is 0 Å². The van der Waals surface area contributed by atoms with Crippen LogP contribution in [-0.4, -0.2) is 42.5 Å². The van der Waals surface area contributed by atoms with Crippen molar-refractivity contribution in [3.8, 4) is 0 Å². The molecule has 0 saturated carbocycles. The lowest BCUT2D eigenvalue weighted by molar-refractivity contribution is -0.129. The Kier molecular flexibility index (Phi) is 5.59. The molecule has 100 valence electrons. The van der Waals surface area contributed by atoms with E-state index < -0.39 is 0 Å². The van der Waals surface area contributed by atoms with E-state index >= 15 is 0 Å². The van der Waals surface area contributed by atoms with Crippen molar-refractivity contribution in [1.82, 2.24) is 9.88 Å². The third kappa shape index (κ3) is 3.70. The molecule has 4 nitrogen and oxygen atoms in total. The minimum atomic E-state index is 0.122. The molecule has 1 heterocycles. The first-order valence-corrected chi connectivity index (χ1v) is 6.89. The summed E-state index contributed by atoms with van der Waals surface area (Å²) < 4.78 is 0.914. The maximum absolute atomic E-state index is 12.0. The summed E-state index contributed by atoms with van der Waals surface area (Å²) in [4.78, 5) is 20.0. The number of aryl methyl sites for hydroxylation is 1. The van der Waals surface area contributed by atoms with Crippen molar-refractivity contribution in [2.45, 2.75) is 20.8 Å². The van der Waals surface area contributed by atoms with Crippen molar-refractivity contribution in [2.24, 2.45) is 0 Å². The van der Waals surface area contributed by atoms with Crippen molar-refractivity contribution >= 4 is 27.7 Å². The maximum atomic E-state index is 12.0. The van der Waals surface area contributed by atoms with Gasteiger partial charge in [0.05, 0.1) is 11.0 Å². The highest BCUT2D eigenvalue weighted by Crippen LogP contribution is 2.23. The minimum Gasteiger partial charge on any atom is -0.349 e. The van der Waals surface area contributed by atoms with Crippen molar-refractivity contribution in [3.05, 3.63) is 22.3 Å². The Morgan fingerprint density at radius 2 is 2.00 bits per heavy atom. The molecule has 0 aliphatic heterocycles. The molecule has 1 amide bonds. The summed E-state index contributed by atoms with van der Waals surface area (Å²) in [7, 11) is 1.88. The second kappa shape index (κ2) is 6.73. The zero-order valence-electron chi connectivity index (χ0n) is 11.4. The summed E-state index contributed by atoms with van der Waals surface area (Å²) in [6, 6.07) is 2.00. The zero-order valence-corrected chi connectivity index (χ0v) is 13.0. The molecule has 1 aromatic rings. The van der Waals surface area contributed by atoms with Gasteiger partial charge in [-0.25, -0.2) is 4.98 Å². The predicted octanol–water partition coefficient (Wildman–Crippen LogP) is 2.46. The van der Waals surface area contributed by atoms with Gasteiger partial charge in [-0.2, -0.15) is 0 Å². The van der Waals surface area contributed by atoms with Gasteiger partial charge < -0.3 is 9.80 Å². The maximum Gasteiger partial charge on any atom is 0.242 e. The van der Waals surface area contributed by atoms with E-state index in [4.69, 9.17) is 0 Å². The van der Waals surface area contributed by atoms with Crippen LogP contribution >= 0.6 is 15.9 Å². The number of likely N-dealkylation sites (N-methyl/N-ethyl adjacent to an activating group) is 2. The van der Waals surface area contributed by atoms with Crippen LogP contribution in [0.4, 0.5) is 5.82 Å². The Balaban J connectivity index is 2.76. The van der Waals surface area contributed by atoms with Crippen molar-refractivity contribution < 1.29 is 4.79 Å². The lowest BCUT2D eigenvalue weighted by Gasteiger charge is -2.24. The van der Waals surface area contributed by atoms with E-state index in [1.807, 2.05) is 43.7 Å². The molecule has 0 saturated heterocycles. The Labute approximate surface area is 117 Å². The first-order chi connectivity index (χ1) is 8.49. The Hall–Kier alpha value is -1.10. The van der Waals surface area contributed by atoms with E-state index in [2.05, 4.69) is 20.9 Å². The van der Waals surface area contributed by atoms with Crippen LogP contribution in [0.2, 0.25) is 0 Å². The number of hydrogen-bond acceptors (Lipinski definition) is 3. The Morgan fingerprint density at radius 3 is 2.50 bits per heavy atom. The quantitative estimate of drug-likeness (QED) is 0.838. The number of pyridine rings is 1. The van der Waals surface area contributed by atoms with Gasteiger partial charge in [0.2, 0.25) is 5.91 Å². The molecule has 0 aliphatic carbocycles. The Bertz CT molecular complexity index is 419. The van der Waals surface area contributed by atoms with E-state index in [0.717, 1.165) is 28.9 Å². The highest BCUT2D eigenvalue weighted by atomic mass is 79.9. The summed E-state index contributed by atoms with van der Waals surface area (Å²) >= 11 is 3.48. The highest BCUT2D eigenvalue weighted by Gasteiger charge is 2.15. The summed E-state index contributed by atoms with van der Waals surface area (Å²) in [6.07, 6.45) is 1.80. The van der Waals surface area contributed by atoms with Gasteiger partial charge in [-0.1, -0.05) is 0 Å². The molecule has 0 radical (unpaired) electrons. The van der Waals surface area contributed by atoms with Crippen LogP contribution in [-0.2, 0) is 4.79 Å². The largest absolute Gasteiger partial charge is 0.349 e. The molecular weight excluding hydrogens is 294 g/mol. The van der Waals surface area contributed by atoms with Gasteiger partial charge in [-0.15, -0.1) is 0 Å². The van der Waals surface area contributed by atoms with Crippen LogP contribution in [0.25, 0.3) is 0 Å². The third-order valence-electron chi connectivity index (χ3n) is 2.81. The third-order valence-corrected chi connectivity index (χ3v) is 3.39. The zero-order chi connectivity index (χ0) is 13.7. The molecule has 0 aliphatic rings. The average molecular weight is 314 g/mol. The number of halogens is 1. The molecule has 0 fully saturated rings. The minimum absolute atomic E-state index is 0.122. The predicted molar refractivity (Wildman–Crippen MR) is 77.9 cm³/mol. The van der Waals surface area contributed by atoms with Crippen LogP contribution in [0.5, 0.6) is 0 Å². The summed E-state index contributed by atoms with van der Waals surface area (Å²) in [5.41, 5.74) is 1.09. The van der Waals surface area contributed by atoms with Gasteiger partial charge in [0, 0.05) is 26.3 Å².